The summed E-state index contributed by atoms with van der Waals surface area (Å²) in [6, 6.07) is 0. The molecule has 0 aromatic carbocycles. The van der Waals surface area contributed by atoms with E-state index in [1.165, 1.54) is 13.0 Å². The van der Waals surface area contributed by atoms with Gasteiger partial charge in [0.25, 0.3) is 5.91 Å². The van der Waals surface area contributed by atoms with Crippen LogP contribution < -0.4 is 5.32 Å². The third kappa shape index (κ3) is 4.45. The van der Waals surface area contributed by atoms with Gasteiger partial charge in [0.2, 0.25) is 0 Å². The average molecular weight is 322 g/mol. The lowest BCUT2D eigenvalue weighted by Crippen LogP contribution is -2.36. The second-order valence-electron chi connectivity index (χ2n) is 4.93. The summed E-state index contributed by atoms with van der Waals surface area (Å²) in [6.07, 6.45) is 0.570. The summed E-state index contributed by atoms with van der Waals surface area (Å²) in [6.45, 7) is 10.4. The molecule has 0 unspecified atom stereocenters. The number of rotatable bonds is 7. The molecule has 7 heteroatoms. The molecule has 0 aliphatic heterocycles. The van der Waals surface area contributed by atoms with E-state index in [0.717, 1.165) is 0 Å². The molecule has 1 aromatic heterocycles. The highest BCUT2D eigenvalue weighted by atomic mass is 16.5. The van der Waals surface area contributed by atoms with Crippen LogP contribution in [-0.2, 0) is 14.3 Å². The van der Waals surface area contributed by atoms with E-state index in [-0.39, 0.29) is 24.4 Å². The van der Waals surface area contributed by atoms with E-state index >= 15 is 0 Å². The SMILES string of the molecule is C=CCNC(=O)[C@H](C)OC(=O)c1c(C)[nH]c(C(=O)OCC)c1C. The first-order valence-corrected chi connectivity index (χ1v) is 7.29. The van der Waals surface area contributed by atoms with Crippen LogP contribution in [0.25, 0.3) is 0 Å². The molecule has 2 N–H and O–H groups in total. The molecule has 0 radical (unpaired) electrons. The van der Waals surface area contributed by atoms with E-state index < -0.39 is 23.9 Å². The number of aromatic nitrogens is 1. The molecule has 1 aromatic rings. The predicted molar refractivity (Wildman–Crippen MR) is 84.3 cm³/mol. The standard InChI is InChI=1S/C16H22N2O5/c1-6-8-17-14(19)11(5)23-15(20)12-9(3)13(18-10(12)4)16(21)22-7-2/h6,11,18H,1,7-8H2,2-5H3,(H,17,19)/t11-/m0/s1. The molecule has 0 spiro atoms. The highest BCUT2D eigenvalue weighted by Crippen LogP contribution is 2.20. The van der Waals surface area contributed by atoms with Crippen LogP contribution in [0.3, 0.4) is 0 Å². The number of aromatic amines is 1. The number of carbonyl (C=O) groups is 3. The van der Waals surface area contributed by atoms with Gasteiger partial charge in [0.15, 0.2) is 6.10 Å². The summed E-state index contributed by atoms with van der Waals surface area (Å²) >= 11 is 0. The van der Waals surface area contributed by atoms with Gasteiger partial charge < -0.3 is 19.8 Å². The van der Waals surface area contributed by atoms with Gasteiger partial charge in [0.1, 0.15) is 5.69 Å². The lowest BCUT2D eigenvalue weighted by molar-refractivity contribution is -0.128. The molecular formula is C16H22N2O5. The maximum Gasteiger partial charge on any atom is 0.355 e. The maximum absolute atomic E-state index is 12.3. The van der Waals surface area contributed by atoms with E-state index in [4.69, 9.17) is 9.47 Å². The molecule has 7 nitrogen and oxygen atoms in total. The molecule has 0 aliphatic carbocycles. The zero-order valence-electron chi connectivity index (χ0n) is 13.8. The zero-order chi connectivity index (χ0) is 17.6. The summed E-state index contributed by atoms with van der Waals surface area (Å²) in [5, 5.41) is 2.54. The van der Waals surface area contributed by atoms with Gasteiger partial charge in [-0.25, -0.2) is 9.59 Å². The topological polar surface area (TPSA) is 97.5 Å². The predicted octanol–water partition coefficient (Wildman–Crippen LogP) is 1.66. The van der Waals surface area contributed by atoms with Crippen LogP contribution in [0.2, 0.25) is 0 Å². The summed E-state index contributed by atoms with van der Waals surface area (Å²) < 4.78 is 10.1. The van der Waals surface area contributed by atoms with Crippen LogP contribution >= 0.6 is 0 Å². The van der Waals surface area contributed by atoms with E-state index in [9.17, 15) is 14.4 Å². The van der Waals surface area contributed by atoms with Crippen molar-refractivity contribution in [3.63, 3.8) is 0 Å². The van der Waals surface area contributed by atoms with Crippen molar-refractivity contribution >= 4 is 17.8 Å². The summed E-state index contributed by atoms with van der Waals surface area (Å²) in [5.74, 6) is -1.63. The minimum Gasteiger partial charge on any atom is -0.461 e. The van der Waals surface area contributed by atoms with E-state index in [1.807, 2.05) is 0 Å². The number of carbonyl (C=O) groups excluding carboxylic acids is 3. The molecule has 0 aliphatic rings. The minimum atomic E-state index is -0.956. The number of nitrogens with one attached hydrogen (secondary N) is 2. The maximum atomic E-state index is 12.3. The molecule has 1 heterocycles. The Morgan fingerprint density at radius 3 is 2.52 bits per heavy atom. The van der Waals surface area contributed by atoms with Crippen molar-refractivity contribution in [2.24, 2.45) is 0 Å². The van der Waals surface area contributed by atoms with Crippen LogP contribution in [0.4, 0.5) is 0 Å². The van der Waals surface area contributed by atoms with Gasteiger partial charge in [0.05, 0.1) is 12.2 Å². The van der Waals surface area contributed by atoms with Crippen LogP contribution in [0.5, 0.6) is 0 Å². The van der Waals surface area contributed by atoms with E-state index in [2.05, 4.69) is 16.9 Å². The molecule has 23 heavy (non-hydrogen) atoms. The van der Waals surface area contributed by atoms with Crippen LogP contribution in [0.15, 0.2) is 12.7 Å². The van der Waals surface area contributed by atoms with Crippen molar-refractivity contribution in [3.05, 3.63) is 35.2 Å². The third-order valence-corrected chi connectivity index (χ3v) is 3.19. The fourth-order valence-electron chi connectivity index (χ4n) is 2.05. The molecule has 0 bridgehead atoms. The third-order valence-electron chi connectivity index (χ3n) is 3.19. The Morgan fingerprint density at radius 1 is 1.30 bits per heavy atom. The molecule has 126 valence electrons. The highest BCUT2D eigenvalue weighted by Gasteiger charge is 2.26. The molecule has 1 rings (SSSR count). The lowest BCUT2D eigenvalue weighted by Gasteiger charge is -2.13. The molecule has 0 fully saturated rings. The van der Waals surface area contributed by atoms with Crippen LogP contribution in [0, 0.1) is 13.8 Å². The molecular weight excluding hydrogens is 300 g/mol. The quantitative estimate of drug-likeness (QED) is 0.588. The van der Waals surface area contributed by atoms with Gasteiger partial charge in [-0.3, -0.25) is 4.79 Å². The normalized spacial score (nSPS) is 11.5. The van der Waals surface area contributed by atoms with Crippen molar-refractivity contribution in [3.8, 4) is 0 Å². The second-order valence-corrected chi connectivity index (χ2v) is 4.93. The monoisotopic (exact) mass is 322 g/mol. The Balaban J connectivity index is 2.90. The summed E-state index contributed by atoms with van der Waals surface area (Å²) in [5.41, 5.74) is 1.36. The van der Waals surface area contributed by atoms with Gasteiger partial charge in [-0.1, -0.05) is 6.08 Å². The number of H-pyrrole nitrogens is 1. The Hall–Kier alpha value is -2.57. The largest absolute Gasteiger partial charge is 0.461 e. The van der Waals surface area contributed by atoms with Crippen molar-refractivity contribution in [2.75, 3.05) is 13.2 Å². The Morgan fingerprint density at radius 2 is 1.96 bits per heavy atom. The number of ether oxygens (including phenoxy) is 2. The Bertz CT molecular complexity index is 618. The fraction of sp³-hybridized carbons (Fsp3) is 0.438. The van der Waals surface area contributed by atoms with E-state index in [0.29, 0.717) is 11.3 Å². The van der Waals surface area contributed by atoms with Crippen molar-refractivity contribution in [2.45, 2.75) is 33.8 Å². The number of amides is 1. The summed E-state index contributed by atoms with van der Waals surface area (Å²) in [7, 11) is 0. The number of aryl methyl sites for hydroxylation is 1. The lowest BCUT2D eigenvalue weighted by atomic mass is 10.1. The number of hydrogen-bond donors (Lipinski definition) is 2. The average Bonchev–Trinajstić information content (AvgIpc) is 2.79. The number of esters is 2. The molecule has 0 saturated carbocycles. The van der Waals surface area contributed by atoms with E-state index in [1.54, 1.807) is 20.8 Å². The summed E-state index contributed by atoms with van der Waals surface area (Å²) in [4.78, 5) is 38.6. The smallest absolute Gasteiger partial charge is 0.355 e. The first kappa shape index (κ1) is 18.5. The first-order valence-electron chi connectivity index (χ1n) is 7.29. The van der Waals surface area contributed by atoms with Gasteiger partial charge in [-0.2, -0.15) is 0 Å². The zero-order valence-corrected chi connectivity index (χ0v) is 13.8. The first-order chi connectivity index (χ1) is 10.8. The van der Waals surface area contributed by atoms with Gasteiger partial charge >= 0.3 is 11.9 Å². The molecule has 0 saturated heterocycles. The fourth-order valence-corrected chi connectivity index (χ4v) is 2.05. The van der Waals surface area contributed by atoms with Crippen molar-refractivity contribution < 1.29 is 23.9 Å². The van der Waals surface area contributed by atoms with Crippen molar-refractivity contribution in [1.29, 1.82) is 0 Å². The minimum absolute atomic E-state index is 0.208. The Labute approximate surface area is 135 Å². The van der Waals surface area contributed by atoms with Gasteiger partial charge in [-0.05, 0) is 33.3 Å². The van der Waals surface area contributed by atoms with Gasteiger partial charge in [0, 0.05) is 12.2 Å². The highest BCUT2D eigenvalue weighted by molar-refractivity contribution is 5.99. The van der Waals surface area contributed by atoms with Crippen LogP contribution in [-0.4, -0.2) is 42.1 Å². The number of hydrogen-bond acceptors (Lipinski definition) is 5. The second kappa shape index (κ2) is 8.17. The van der Waals surface area contributed by atoms with Crippen molar-refractivity contribution in [1.82, 2.24) is 10.3 Å². The molecule has 1 amide bonds. The Kier molecular flexibility index (Phi) is 6.56. The van der Waals surface area contributed by atoms with Gasteiger partial charge in [-0.15, -0.1) is 6.58 Å². The molecule has 1 atom stereocenters. The van der Waals surface area contributed by atoms with Crippen LogP contribution in [0.1, 0.15) is 46.0 Å².